The highest BCUT2D eigenvalue weighted by molar-refractivity contribution is 5.79. The number of nitrogens with one attached hydrogen (secondary N) is 1. The number of carbonyl (C=O) groups excluding carboxylic acids is 1. The van der Waals surface area contributed by atoms with Gasteiger partial charge in [-0.25, -0.2) is 4.79 Å². The predicted octanol–water partition coefficient (Wildman–Crippen LogP) is 9.90. The number of unbranched alkanes of at least 4 members (excludes halogenated alkanes) is 15. The summed E-state index contributed by atoms with van der Waals surface area (Å²) in [6, 6.07) is 16.6. The summed E-state index contributed by atoms with van der Waals surface area (Å²) in [4.78, 5) is 12.3. The van der Waals surface area contributed by atoms with Crippen LogP contribution in [0.2, 0.25) is 0 Å². The van der Waals surface area contributed by atoms with Crippen molar-refractivity contribution in [3.05, 3.63) is 59.7 Å². The van der Waals surface area contributed by atoms with Gasteiger partial charge >= 0.3 is 6.09 Å². The first-order valence-electron chi connectivity index (χ1n) is 22.4. The van der Waals surface area contributed by atoms with Crippen LogP contribution < -0.4 is 5.32 Å². The van der Waals surface area contributed by atoms with Crippen molar-refractivity contribution in [3.63, 3.8) is 0 Å². The van der Waals surface area contributed by atoms with Crippen LogP contribution in [-0.4, -0.2) is 112 Å². The molecule has 0 atom stereocenters. The molecule has 10 heteroatoms. The van der Waals surface area contributed by atoms with Gasteiger partial charge in [0.2, 0.25) is 0 Å². The number of ether oxygens (including phenoxy) is 8. The van der Waals surface area contributed by atoms with Crippen molar-refractivity contribution in [2.45, 2.75) is 116 Å². The maximum absolute atomic E-state index is 12.3. The number of alkyl carbamates (subject to hydrolysis) is 1. The Morgan fingerprint density at radius 1 is 0.439 bits per heavy atom. The van der Waals surface area contributed by atoms with Crippen molar-refractivity contribution < 1.29 is 42.7 Å². The molecule has 1 aliphatic rings. The van der Waals surface area contributed by atoms with Crippen molar-refractivity contribution in [1.29, 1.82) is 0 Å². The third kappa shape index (κ3) is 24.2. The molecule has 0 fully saturated rings. The molecule has 0 aromatic heterocycles. The van der Waals surface area contributed by atoms with E-state index >= 15 is 0 Å². The average molecular weight is 800 g/mol. The van der Waals surface area contributed by atoms with Gasteiger partial charge in [-0.1, -0.05) is 152 Å². The Balaban J connectivity index is 0.931. The highest BCUT2D eigenvalue weighted by atomic mass is 16.6. The summed E-state index contributed by atoms with van der Waals surface area (Å²) in [5.41, 5.74) is 4.80. The molecular formula is C47H77NO9. The Hall–Kier alpha value is -2.57. The predicted molar refractivity (Wildman–Crippen MR) is 228 cm³/mol. The number of rotatable bonds is 40. The quantitative estimate of drug-likeness (QED) is 0.0660. The van der Waals surface area contributed by atoms with Gasteiger partial charge in [0, 0.05) is 19.1 Å². The second kappa shape index (κ2) is 35.4. The summed E-state index contributed by atoms with van der Waals surface area (Å²) in [6.45, 7) is 10.5. The van der Waals surface area contributed by atoms with Crippen LogP contribution in [0.5, 0.6) is 0 Å². The minimum absolute atomic E-state index is 0.0445. The van der Waals surface area contributed by atoms with E-state index < -0.39 is 6.09 Å². The van der Waals surface area contributed by atoms with Crippen LogP contribution >= 0.6 is 0 Å². The highest BCUT2D eigenvalue weighted by Gasteiger charge is 2.28. The monoisotopic (exact) mass is 800 g/mol. The Labute approximate surface area is 345 Å². The van der Waals surface area contributed by atoms with Gasteiger partial charge in [0.1, 0.15) is 6.61 Å². The molecule has 57 heavy (non-hydrogen) atoms. The molecule has 1 amide bonds. The fourth-order valence-corrected chi connectivity index (χ4v) is 7.05. The van der Waals surface area contributed by atoms with Gasteiger partial charge in [0.15, 0.2) is 0 Å². The zero-order valence-electron chi connectivity index (χ0n) is 35.5. The summed E-state index contributed by atoms with van der Waals surface area (Å²) in [6.07, 6.45) is 21.7. The molecule has 0 aliphatic heterocycles. The first-order valence-corrected chi connectivity index (χ1v) is 22.4. The van der Waals surface area contributed by atoms with Crippen LogP contribution in [0.15, 0.2) is 48.5 Å². The Bertz CT molecular complexity index is 1190. The van der Waals surface area contributed by atoms with E-state index in [0.29, 0.717) is 99.0 Å². The van der Waals surface area contributed by atoms with E-state index in [4.69, 9.17) is 37.9 Å². The topological polar surface area (TPSA) is 103 Å². The summed E-state index contributed by atoms with van der Waals surface area (Å²) < 4.78 is 44.6. The maximum atomic E-state index is 12.3. The molecule has 0 radical (unpaired) electrons. The van der Waals surface area contributed by atoms with E-state index in [2.05, 4.69) is 36.5 Å². The van der Waals surface area contributed by atoms with E-state index in [1.807, 2.05) is 24.3 Å². The molecule has 324 valence electrons. The normalized spacial score (nSPS) is 12.2. The fraction of sp³-hybridized carbons (Fsp3) is 0.723. The van der Waals surface area contributed by atoms with E-state index in [9.17, 15) is 4.79 Å². The summed E-state index contributed by atoms with van der Waals surface area (Å²) in [5.74, 6) is 0.0445. The molecule has 1 N–H and O–H groups in total. The minimum Gasteiger partial charge on any atom is -0.449 e. The van der Waals surface area contributed by atoms with Gasteiger partial charge in [0.05, 0.1) is 85.9 Å². The number of carbonyl (C=O) groups is 1. The highest BCUT2D eigenvalue weighted by Crippen LogP contribution is 2.44. The van der Waals surface area contributed by atoms with Crippen LogP contribution in [0.4, 0.5) is 4.79 Å². The lowest BCUT2D eigenvalue weighted by Gasteiger charge is -2.14. The molecule has 2 aromatic carbocycles. The minimum atomic E-state index is -0.442. The standard InChI is InChI=1S/C47H77NO9/c1-2-3-4-5-6-7-8-9-10-11-12-13-14-15-16-21-27-50-29-31-52-33-35-54-37-39-56-40-38-55-36-34-53-32-30-51-28-26-48-47(49)57-41-46-44-24-19-17-22-42(44)43-23-18-20-25-45(43)46/h17-20,22-25,46H,2-16,21,26-41H2,1H3,(H,48,49). The zero-order valence-corrected chi connectivity index (χ0v) is 35.5. The molecule has 1 aliphatic carbocycles. The van der Waals surface area contributed by atoms with Crippen LogP contribution in [-0.2, 0) is 37.9 Å². The number of benzene rings is 2. The van der Waals surface area contributed by atoms with Gasteiger partial charge < -0.3 is 43.2 Å². The van der Waals surface area contributed by atoms with Crippen LogP contribution in [0, 0.1) is 0 Å². The number of hydrogen-bond donors (Lipinski definition) is 1. The second-order valence-corrected chi connectivity index (χ2v) is 14.8. The third-order valence-electron chi connectivity index (χ3n) is 10.2. The molecule has 0 spiro atoms. The average Bonchev–Trinajstić information content (AvgIpc) is 3.55. The van der Waals surface area contributed by atoms with E-state index in [1.54, 1.807) is 0 Å². The number of hydrogen-bond acceptors (Lipinski definition) is 9. The lowest BCUT2D eigenvalue weighted by Crippen LogP contribution is -2.29. The molecule has 0 saturated heterocycles. The number of fused-ring (bicyclic) bond motifs is 3. The van der Waals surface area contributed by atoms with Crippen molar-refractivity contribution in [2.24, 2.45) is 0 Å². The molecule has 10 nitrogen and oxygen atoms in total. The molecule has 2 aromatic rings. The lowest BCUT2D eigenvalue weighted by molar-refractivity contribution is -0.0204. The SMILES string of the molecule is CCCCCCCCCCCCCCCCCCOCCOCCOCCOCCOCCOCCOCCNC(=O)OCC1c2ccccc2-c2ccccc21. The molecule has 0 unspecified atom stereocenters. The first kappa shape index (κ1) is 48.8. The van der Waals surface area contributed by atoms with Gasteiger partial charge in [0.25, 0.3) is 0 Å². The van der Waals surface area contributed by atoms with E-state index in [0.717, 1.165) is 13.0 Å². The molecule has 0 heterocycles. The first-order chi connectivity index (χ1) is 28.3. The van der Waals surface area contributed by atoms with E-state index in [-0.39, 0.29) is 5.92 Å². The summed E-state index contributed by atoms with van der Waals surface area (Å²) >= 11 is 0. The molecular weight excluding hydrogens is 723 g/mol. The van der Waals surface area contributed by atoms with Crippen molar-refractivity contribution in [2.75, 3.05) is 106 Å². The lowest BCUT2D eigenvalue weighted by atomic mass is 9.98. The smallest absolute Gasteiger partial charge is 0.407 e. The molecule has 0 bridgehead atoms. The van der Waals surface area contributed by atoms with Crippen LogP contribution in [0.3, 0.4) is 0 Å². The van der Waals surface area contributed by atoms with Crippen LogP contribution in [0.1, 0.15) is 127 Å². The Kier molecular flexibility index (Phi) is 30.3. The van der Waals surface area contributed by atoms with Crippen molar-refractivity contribution in [1.82, 2.24) is 5.32 Å². The Morgan fingerprint density at radius 2 is 0.772 bits per heavy atom. The molecule has 3 rings (SSSR count). The van der Waals surface area contributed by atoms with Gasteiger partial charge in [-0.15, -0.1) is 0 Å². The summed E-state index contributed by atoms with van der Waals surface area (Å²) in [7, 11) is 0. The van der Waals surface area contributed by atoms with Crippen molar-refractivity contribution in [3.8, 4) is 11.1 Å². The fourth-order valence-electron chi connectivity index (χ4n) is 7.05. The largest absolute Gasteiger partial charge is 0.449 e. The van der Waals surface area contributed by atoms with Crippen molar-refractivity contribution >= 4 is 6.09 Å². The van der Waals surface area contributed by atoms with E-state index in [1.165, 1.54) is 119 Å². The van der Waals surface area contributed by atoms with Crippen LogP contribution in [0.25, 0.3) is 11.1 Å². The Morgan fingerprint density at radius 3 is 1.18 bits per heavy atom. The third-order valence-corrected chi connectivity index (χ3v) is 10.2. The van der Waals surface area contributed by atoms with Gasteiger partial charge in [-0.3, -0.25) is 0 Å². The number of amides is 1. The zero-order chi connectivity index (χ0) is 40.1. The summed E-state index contributed by atoms with van der Waals surface area (Å²) in [5, 5.41) is 2.76. The molecule has 0 saturated carbocycles. The van der Waals surface area contributed by atoms with Gasteiger partial charge in [-0.05, 0) is 28.7 Å². The van der Waals surface area contributed by atoms with Gasteiger partial charge in [-0.2, -0.15) is 0 Å². The maximum Gasteiger partial charge on any atom is 0.407 e. The second-order valence-electron chi connectivity index (χ2n) is 14.8.